The van der Waals surface area contributed by atoms with Gasteiger partial charge in [-0.25, -0.2) is 0 Å². The molecule has 4 N–H and O–H groups in total. The third-order valence-corrected chi connectivity index (χ3v) is 10.5. The first-order valence-electron chi connectivity index (χ1n) is 18.2. The first-order chi connectivity index (χ1) is 25.0. The van der Waals surface area contributed by atoms with Gasteiger partial charge in [-0.2, -0.15) is 0 Å². The summed E-state index contributed by atoms with van der Waals surface area (Å²) in [5.74, 6) is -0.996. The fourth-order valence-corrected chi connectivity index (χ4v) is 7.87. The Morgan fingerprint density at radius 1 is 0.510 bits per heavy atom. The van der Waals surface area contributed by atoms with Gasteiger partial charge in [0.1, 0.15) is 0 Å². The number of carbonyl (C=O) groups excluding carboxylic acids is 4. The molecule has 0 atom stereocenters. The number of benzene rings is 4. The van der Waals surface area contributed by atoms with Gasteiger partial charge >= 0.3 is 0 Å². The van der Waals surface area contributed by atoms with Gasteiger partial charge in [0.2, 0.25) is 0 Å². The van der Waals surface area contributed by atoms with Gasteiger partial charge in [-0.05, 0) is 66.7 Å². The molecule has 12 nitrogen and oxygen atoms in total. The van der Waals surface area contributed by atoms with Crippen molar-refractivity contribution in [3.63, 3.8) is 0 Å². The molecule has 0 aromatic heterocycles. The van der Waals surface area contributed by atoms with Crippen LogP contribution in [-0.2, 0) is 0 Å². The van der Waals surface area contributed by atoms with Gasteiger partial charge in [0.15, 0.2) is 0 Å². The number of anilines is 2. The monoisotopic (exact) mass is 688 g/mol. The van der Waals surface area contributed by atoms with Crippen molar-refractivity contribution in [1.82, 2.24) is 31.1 Å². The molecule has 12 heteroatoms. The molecule has 2 saturated heterocycles. The maximum atomic E-state index is 13.7. The summed E-state index contributed by atoms with van der Waals surface area (Å²) >= 11 is 0. The molecule has 0 radical (unpaired) electrons. The van der Waals surface area contributed by atoms with E-state index in [1.807, 2.05) is 48.5 Å². The Hall–Kier alpha value is -4.88. The van der Waals surface area contributed by atoms with Crippen LogP contribution in [0.15, 0.2) is 60.7 Å². The van der Waals surface area contributed by atoms with Crippen LogP contribution >= 0.6 is 0 Å². The van der Waals surface area contributed by atoms with Gasteiger partial charge in [0, 0.05) is 112 Å². The van der Waals surface area contributed by atoms with Crippen molar-refractivity contribution >= 4 is 56.5 Å². The molecular weight excluding hydrogens is 644 g/mol. The van der Waals surface area contributed by atoms with Gasteiger partial charge in [-0.15, -0.1) is 0 Å². The molecule has 0 bridgehead atoms. The normalized spacial score (nSPS) is 17.7. The lowest BCUT2D eigenvalue weighted by molar-refractivity contribution is 0.0597. The molecule has 51 heavy (non-hydrogen) atoms. The average molecular weight is 689 g/mol. The molecule has 4 aromatic rings. The van der Waals surface area contributed by atoms with E-state index in [0.29, 0.717) is 48.4 Å². The van der Waals surface area contributed by atoms with Crippen LogP contribution in [0.25, 0.3) is 21.5 Å². The predicted octanol–water partition coefficient (Wildman–Crippen LogP) is 2.27. The number of rotatable bonds is 12. The van der Waals surface area contributed by atoms with E-state index >= 15 is 0 Å². The second-order valence-electron chi connectivity index (χ2n) is 13.6. The Kier molecular flexibility index (Phi) is 9.39. The van der Waals surface area contributed by atoms with E-state index in [4.69, 9.17) is 0 Å². The summed E-state index contributed by atoms with van der Waals surface area (Å²) < 4.78 is 0. The average Bonchev–Trinajstić information content (AvgIpc) is 3.17. The number of imide groups is 2. The highest BCUT2D eigenvalue weighted by Crippen LogP contribution is 2.35. The number of piperazine rings is 2. The number of hydrogen-bond acceptors (Lipinski definition) is 10. The molecule has 0 unspecified atom stereocenters. The summed E-state index contributed by atoms with van der Waals surface area (Å²) in [6, 6.07) is 19.4. The lowest BCUT2D eigenvalue weighted by atomic mass is 9.93. The number of amides is 4. The van der Waals surface area contributed by atoms with Crippen molar-refractivity contribution in [3.8, 4) is 0 Å². The third kappa shape index (κ3) is 6.33. The van der Waals surface area contributed by atoms with Crippen LogP contribution in [0.2, 0.25) is 0 Å². The molecule has 4 aromatic carbocycles. The van der Waals surface area contributed by atoms with Crippen LogP contribution < -0.4 is 31.1 Å². The number of nitrogens with one attached hydrogen (secondary N) is 4. The van der Waals surface area contributed by atoms with E-state index in [1.165, 1.54) is 9.80 Å². The van der Waals surface area contributed by atoms with Gasteiger partial charge in [0.25, 0.3) is 23.6 Å². The summed E-state index contributed by atoms with van der Waals surface area (Å²) in [6.45, 7) is 9.99. The molecule has 0 spiro atoms. The lowest BCUT2D eigenvalue weighted by Gasteiger charge is -2.32. The second-order valence-corrected chi connectivity index (χ2v) is 13.6. The number of nitrogens with zero attached hydrogens (tertiary/aromatic N) is 4. The molecule has 264 valence electrons. The Balaban J connectivity index is 0.818. The summed E-state index contributed by atoms with van der Waals surface area (Å²) in [7, 11) is 0. The quantitative estimate of drug-likeness (QED) is 0.130. The Bertz CT molecular complexity index is 1880. The van der Waals surface area contributed by atoms with Gasteiger partial charge in [0.05, 0.1) is 11.1 Å². The molecule has 0 saturated carbocycles. The zero-order chi connectivity index (χ0) is 34.9. The fraction of sp³-hybridized carbons (Fsp3) is 0.385. The molecule has 4 aliphatic rings. The van der Waals surface area contributed by atoms with Gasteiger partial charge < -0.3 is 31.1 Å². The Morgan fingerprint density at radius 3 is 1.35 bits per heavy atom. The Labute approximate surface area is 297 Å². The Morgan fingerprint density at radius 2 is 0.922 bits per heavy atom. The van der Waals surface area contributed by atoms with E-state index in [1.54, 1.807) is 0 Å². The molecule has 4 amide bonds. The third-order valence-electron chi connectivity index (χ3n) is 10.5. The minimum Gasteiger partial charge on any atom is -0.369 e. The van der Waals surface area contributed by atoms with E-state index < -0.39 is 0 Å². The number of carbonyl (C=O) groups is 4. The van der Waals surface area contributed by atoms with Crippen LogP contribution in [0, 0.1) is 0 Å². The highest BCUT2D eigenvalue weighted by atomic mass is 16.2. The molecule has 0 aliphatic carbocycles. The molecule has 4 heterocycles. The SMILES string of the molecule is O=C1c2cccc3cc(N4CCNCC4)cc(c23)C(=O)N1CCNCCCNCCN1C(=O)c2cccc3cc(N4CCNCC4)cc(c23)C1=O. The summed E-state index contributed by atoms with van der Waals surface area (Å²) in [6.07, 6.45) is 0.802. The van der Waals surface area contributed by atoms with E-state index in [0.717, 1.165) is 91.7 Å². The van der Waals surface area contributed by atoms with Crippen LogP contribution in [0.5, 0.6) is 0 Å². The topological polar surface area (TPSA) is 129 Å². The van der Waals surface area contributed by atoms with Crippen molar-refractivity contribution in [2.45, 2.75) is 6.42 Å². The minimum absolute atomic E-state index is 0.246. The van der Waals surface area contributed by atoms with Crippen molar-refractivity contribution in [1.29, 1.82) is 0 Å². The first kappa shape index (κ1) is 33.3. The lowest BCUT2D eigenvalue weighted by Crippen LogP contribution is -2.45. The fourth-order valence-electron chi connectivity index (χ4n) is 7.87. The molecular formula is C39H44N8O4. The van der Waals surface area contributed by atoms with Gasteiger partial charge in [-0.3, -0.25) is 29.0 Å². The smallest absolute Gasteiger partial charge is 0.261 e. The number of hydrogen-bond donors (Lipinski definition) is 4. The highest BCUT2D eigenvalue weighted by Gasteiger charge is 2.35. The molecule has 8 rings (SSSR count). The second kappa shape index (κ2) is 14.4. The first-order valence-corrected chi connectivity index (χ1v) is 18.2. The summed E-state index contributed by atoms with van der Waals surface area (Å²) in [5, 5.41) is 16.8. The van der Waals surface area contributed by atoms with Crippen molar-refractivity contribution in [3.05, 3.63) is 82.9 Å². The molecule has 4 aliphatic heterocycles. The maximum absolute atomic E-state index is 13.7. The molecule has 2 fully saturated rings. The van der Waals surface area contributed by atoms with Crippen LogP contribution in [0.1, 0.15) is 47.9 Å². The maximum Gasteiger partial charge on any atom is 0.261 e. The van der Waals surface area contributed by atoms with Crippen LogP contribution in [-0.4, -0.2) is 125 Å². The summed E-state index contributed by atoms with van der Waals surface area (Å²) in [5.41, 5.74) is 4.35. The van der Waals surface area contributed by atoms with Crippen LogP contribution in [0.3, 0.4) is 0 Å². The van der Waals surface area contributed by atoms with E-state index in [2.05, 4.69) is 43.2 Å². The predicted molar refractivity (Wildman–Crippen MR) is 199 cm³/mol. The van der Waals surface area contributed by atoms with E-state index in [-0.39, 0.29) is 36.7 Å². The van der Waals surface area contributed by atoms with Crippen molar-refractivity contribution in [2.24, 2.45) is 0 Å². The minimum atomic E-state index is -0.253. The van der Waals surface area contributed by atoms with Crippen molar-refractivity contribution in [2.75, 3.05) is 101 Å². The van der Waals surface area contributed by atoms with Crippen LogP contribution in [0.4, 0.5) is 11.4 Å². The standard InChI is InChI=1S/C39H44N8O4/c48-36-30-6-1-4-26-22-28(44-16-10-42-11-17-44)24-32(34(26)30)38(50)46(36)20-14-40-8-3-9-41-15-21-47-37(49)31-7-2-5-27-23-29(45-18-12-43-13-19-45)25-33(35(27)31)39(47)51/h1-2,4-7,22-25,40-43H,3,8-21H2. The zero-order valence-electron chi connectivity index (χ0n) is 28.8. The highest BCUT2D eigenvalue weighted by molar-refractivity contribution is 6.27. The zero-order valence-corrected chi connectivity index (χ0v) is 28.8. The van der Waals surface area contributed by atoms with Gasteiger partial charge in [-0.1, -0.05) is 24.3 Å². The van der Waals surface area contributed by atoms with E-state index in [9.17, 15) is 19.2 Å². The van der Waals surface area contributed by atoms with Crippen molar-refractivity contribution < 1.29 is 19.2 Å². The summed E-state index contributed by atoms with van der Waals surface area (Å²) in [4.78, 5) is 61.4. The largest absolute Gasteiger partial charge is 0.369 e.